The van der Waals surface area contributed by atoms with Gasteiger partial charge in [0.1, 0.15) is 0 Å². The Hall–Kier alpha value is -0.870. The maximum absolute atomic E-state index is 12.0. The zero-order valence-electron chi connectivity index (χ0n) is 6.65. The minimum absolute atomic E-state index is 0.852. The number of hydrogen-bond donors (Lipinski definition) is 1. The molecule has 0 rings (SSSR count). The number of carbonyl (C=O) groups excluding carboxylic acids is 1. The topological polar surface area (TPSA) is 38.3 Å². The summed E-state index contributed by atoms with van der Waals surface area (Å²) in [5, 5.41) is 1.99. The minimum atomic E-state index is -2.61. The van der Waals surface area contributed by atoms with Crippen molar-refractivity contribution < 1.29 is 18.3 Å². The minimum Gasteiger partial charge on any atom is -0.453 e. The molecule has 0 aromatic heterocycles. The summed E-state index contributed by atoms with van der Waals surface area (Å²) in [4.78, 5) is 10.5. The second kappa shape index (κ2) is 3.50. The molecular weight excluding hydrogens is 156 g/mol. The Morgan fingerprint density at radius 3 is 2.27 bits per heavy atom. The number of carbonyl (C=O) groups is 1. The number of alkyl carbamates (subject to hydrolysis) is 1. The van der Waals surface area contributed by atoms with Crippen LogP contribution in [0, 0.1) is 0 Å². The monoisotopic (exact) mass is 167 g/mol. The van der Waals surface area contributed by atoms with Gasteiger partial charge in [-0.2, -0.15) is 0 Å². The van der Waals surface area contributed by atoms with Gasteiger partial charge in [0.05, 0.1) is 12.6 Å². The Bertz CT molecular complexity index is 148. The lowest BCUT2D eigenvalue weighted by Crippen LogP contribution is -2.48. The van der Waals surface area contributed by atoms with Crippen molar-refractivity contribution in [3.8, 4) is 0 Å². The first kappa shape index (κ1) is 10.1. The van der Waals surface area contributed by atoms with Gasteiger partial charge in [0.15, 0.2) is 0 Å². The molecule has 0 aromatic rings. The lowest BCUT2D eigenvalue weighted by molar-refractivity contribution is 0.0483. The molecule has 0 radical (unpaired) electrons. The van der Waals surface area contributed by atoms with Crippen molar-refractivity contribution in [2.24, 2.45) is 0 Å². The van der Waals surface area contributed by atoms with Crippen LogP contribution in [0.3, 0.4) is 0 Å². The molecule has 11 heavy (non-hydrogen) atoms. The summed E-state index contributed by atoms with van der Waals surface area (Å²) in [6.07, 6.45) is -3.46. The lowest BCUT2D eigenvalue weighted by Gasteiger charge is -2.23. The van der Waals surface area contributed by atoms with Gasteiger partial charge in [-0.3, -0.25) is 0 Å². The van der Waals surface area contributed by atoms with Crippen LogP contribution < -0.4 is 5.32 Å². The normalized spacial score (nSPS) is 11.5. The summed E-state index contributed by atoms with van der Waals surface area (Å²) in [6, 6.07) is 0. The van der Waals surface area contributed by atoms with Crippen LogP contribution in [-0.2, 0) is 4.74 Å². The average molecular weight is 167 g/mol. The molecule has 66 valence electrons. The summed E-state index contributed by atoms with van der Waals surface area (Å²) in [5.41, 5.74) is -1.53. The van der Waals surface area contributed by atoms with Crippen LogP contribution in [0.1, 0.15) is 13.8 Å². The van der Waals surface area contributed by atoms with Crippen LogP contribution in [-0.4, -0.2) is 25.2 Å². The first-order valence-electron chi connectivity index (χ1n) is 3.04. The van der Waals surface area contributed by atoms with E-state index in [4.69, 9.17) is 0 Å². The molecule has 0 aliphatic carbocycles. The van der Waals surface area contributed by atoms with E-state index in [2.05, 4.69) is 4.74 Å². The summed E-state index contributed by atoms with van der Waals surface area (Å²) in [7, 11) is 1.12. The van der Waals surface area contributed by atoms with Gasteiger partial charge in [-0.15, -0.1) is 0 Å². The van der Waals surface area contributed by atoms with Gasteiger partial charge in [-0.25, -0.2) is 13.6 Å². The number of nitrogens with one attached hydrogen (secondary N) is 1. The Kier molecular flexibility index (Phi) is 3.22. The maximum Gasteiger partial charge on any atom is 0.407 e. The molecule has 0 bridgehead atoms. The van der Waals surface area contributed by atoms with Crippen molar-refractivity contribution in [3.05, 3.63) is 0 Å². The van der Waals surface area contributed by atoms with Crippen molar-refractivity contribution in [2.75, 3.05) is 7.11 Å². The zero-order valence-corrected chi connectivity index (χ0v) is 6.65. The summed E-state index contributed by atoms with van der Waals surface area (Å²) in [5.74, 6) is 0. The van der Waals surface area contributed by atoms with E-state index < -0.39 is 18.1 Å². The highest BCUT2D eigenvalue weighted by Gasteiger charge is 2.31. The Morgan fingerprint density at radius 1 is 1.55 bits per heavy atom. The van der Waals surface area contributed by atoms with E-state index in [1.54, 1.807) is 0 Å². The third-order valence-electron chi connectivity index (χ3n) is 1.16. The quantitative estimate of drug-likeness (QED) is 0.674. The van der Waals surface area contributed by atoms with Gasteiger partial charge in [-0.05, 0) is 13.8 Å². The summed E-state index contributed by atoms with van der Waals surface area (Å²) >= 11 is 0. The number of amides is 1. The van der Waals surface area contributed by atoms with Gasteiger partial charge in [0.25, 0.3) is 6.43 Å². The molecule has 1 amide bonds. The Balaban J connectivity index is 4.01. The summed E-state index contributed by atoms with van der Waals surface area (Å²) in [6.45, 7) is 2.43. The number of rotatable bonds is 2. The highest BCUT2D eigenvalue weighted by molar-refractivity contribution is 5.67. The van der Waals surface area contributed by atoms with Crippen LogP contribution in [0.2, 0.25) is 0 Å². The van der Waals surface area contributed by atoms with E-state index in [1.165, 1.54) is 13.8 Å². The SMILES string of the molecule is COC(=O)NC(C)(C)C(F)F. The molecule has 0 unspecified atom stereocenters. The van der Waals surface area contributed by atoms with Gasteiger partial charge in [-0.1, -0.05) is 0 Å². The molecule has 5 heteroatoms. The van der Waals surface area contributed by atoms with Crippen molar-refractivity contribution in [1.82, 2.24) is 5.32 Å². The fourth-order valence-corrected chi connectivity index (χ4v) is 0.369. The Labute approximate surface area is 63.7 Å². The zero-order chi connectivity index (χ0) is 9.07. The second-order valence-corrected chi connectivity index (χ2v) is 2.64. The summed E-state index contributed by atoms with van der Waals surface area (Å²) < 4.78 is 28.2. The van der Waals surface area contributed by atoms with E-state index in [0.717, 1.165) is 7.11 Å². The number of halogens is 2. The predicted molar refractivity (Wildman–Crippen MR) is 35.6 cm³/mol. The van der Waals surface area contributed by atoms with Crippen molar-refractivity contribution in [1.29, 1.82) is 0 Å². The van der Waals surface area contributed by atoms with Gasteiger partial charge >= 0.3 is 6.09 Å². The molecule has 0 aromatic carbocycles. The number of hydrogen-bond acceptors (Lipinski definition) is 2. The molecule has 0 heterocycles. The molecule has 0 fully saturated rings. The predicted octanol–water partition coefficient (Wildman–Crippen LogP) is 1.39. The van der Waals surface area contributed by atoms with Gasteiger partial charge in [0.2, 0.25) is 0 Å². The highest BCUT2D eigenvalue weighted by atomic mass is 19.3. The molecule has 0 aliphatic rings. The average Bonchev–Trinajstić information content (AvgIpc) is 1.86. The molecule has 3 nitrogen and oxygen atoms in total. The highest BCUT2D eigenvalue weighted by Crippen LogP contribution is 2.13. The maximum atomic E-state index is 12.0. The number of methoxy groups -OCH3 is 1. The van der Waals surface area contributed by atoms with Crippen LogP contribution in [0.15, 0.2) is 0 Å². The van der Waals surface area contributed by atoms with Crippen molar-refractivity contribution in [3.63, 3.8) is 0 Å². The van der Waals surface area contributed by atoms with Crippen LogP contribution in [0.25, 0.3) is 0 Å². The van der Waals surface area contributed by atoms with E-state index in [-0.39, 0.29) is 0 Å². The Morgan fingerprint density at radius 2 is 2.00 bits per heavy atom. The van der Waals surface area contributed by atoms with E-state index in [9.17, 15) is 13.6 Å². The van der Waals surface area contributed by atoms with Gasteiger partial charge < -0.3 is 10.1 Å². The first-order chi connectivity index (χ1) is 4.90. The molecule has 0 atom stereocenters. The van der Waals surface area contributed by atoms with Crippen LogP contribution in [0.5, 0.6) is 0 Å². The fourth-order valence-electron chi connectivity index (χ4n) is 0.369. The number of alkyl halides is 2. The molecule has 1 N–H and O–H groups in total. The fraction of sp³-hybridized carbons (Fsp3) is 0.833. The van der Waals surface area contributed by atoms with E-state index >= 15 is 0 Å². The van der Waals surface area contributed by atoms with Crippen LogP contribution in [0.4, 0.5) is 13.6 Å². The number of ether oxygens (including phenoxy) is 1. The van der Waals surface area contributed by atoms with E-state index in [0.29, 0.717) is 0 Å². The third-order valence-corrected chi connectivity index (χ3v) is 1.16. The van der Waals surface area contributed by atoms with Crippen LogP contribution >= 0.6 is 0 Å². The lowest BCUT2D eigenvalue weighted by atomic mass is 10.1. The van der Waals surface area contributed by atoms with Crippen molar-refractivity contribution >= 4 is 6.09 Å². The molecule has 0 spiro atoms. The molecular formula is C6H11F2NO2. The molecule has 0 saturated heterocycles. The van der Waals surface area contributed by atoms with E-state index in [1.807, 2.05) is 5.32 Å². The smallest absolute Gasteiger partial charge is 0.407 e. The first-order valence-corrected chi connectivity index (χ1v) is 3.04. The molecule has 0 aliphatic heterocycles. The van der Waals surface area contributed by atoms with Crippen molar-refractivity contribution in [2.45, 2.75) is 25.8 Å². The largest absolute Gasteiger partial charge is 0.453 e. The van der Waals surface area contributed by atoms with Gasteiger partial charge in [0, 0.05) is 0 Å². The molecule has 0 saturated carbocycles. The second-order valence-electron chi connectivity index (χ2n) is 2.64. The third kappa shape index (κ3) is 3.15. The standard InChI is InChI=1S/C6H11F2NO2/c1-6(2,4(7)8)9-5(10)11-3/h4H,1-3H3,(H,9,10).